The minimum atomic E-state index is -0.506. The van der Waals surface area contributed by atoms with Gasteiger partial charge in [-0.2, -0.15) is 5.43 Å². The minimum Gasteiger partial charge on any atom is -0.266 e. The molecule has 0 saturated carbocycles. The zero-order valence-corrected chi connectivity index (χ0v) is 20.5. The van der Waals surface area contributed by atoms with Gasteiger partial charge in [0.25, 0.3) is 17.4 Å². The number of nitro groups is 1. The Morgan fingerprint density at radius 2 is 1.54 bits per heavy atom. The van der Waals surface area contributed by atoms with Crippen molar-refractivity contribution in [2.75, 3.05) is 5.43 Å². The quantitative estimate of drug-likeness (QED) is 0.179. The Labute approximate surface area is 217 Å². The first-order chi connectivity index (χ1) is 17.9. The van der Waals surface area contributed by atoms with Gasteiger partial charge in [0.1, 0.15) is 0 Å². The molecule has 0 fully saturated rings. The average molecular weight is 511 g/mol. The van der Waals surface area contributed by atoms with Gasteiger partial charge in [0, 0.05) is 28.3 Å². The van der Waals surface area contributed by atoms with Crippen molar-refractivity contribution in [3.05, 3.63) is 129 Å². The van der Waals surface area contributed by atoms with Crippen LogP contribution in [-0.4, -0.2) is 20.6 Å². The standard InChI is InChI=1S/C28H20ClN5O3/c1-19-7-15-24(16-8-19)32-28(22-5-3-2-4-6-22)33(26(30-32)20-9-13-23(29)14-10-20)31-27(35)21-11-17-25(18-12-21)34(36)37/h2-18H,1H3/p+1. The van der Waals surface area contributed by atoms with Gasteiger partial charge in [-0.3, -0.25) is 14.9 Å². The molecule has 0 saturated heterocycles. The number of amides is 1. The highest BCUT2D eigenvalue weighted by atomic mass is 35.5. The number of halogens is 1. The van der Waals surface area contributed by atoms with Crippen LogP contribution in [0.25, 0.3) is 28.5 Å². The Morgan fingerprint density at radius 3 is 2.16 bits per heavy atom. The molecule has 1 aromatic heterocycles. The van der Waals surface area contributed by atoms with E-state index in [1.54, 1.807) is 21.5 Å². The van der Waals surface area contributed by atoms with Crippen LogP contribution in [0.2, 0.25) is 5.02 Å². The summed E-state index contributed by atoms with van der Waals surface area (Å²) in [5, 5.41) is 16.5. The largest absolute Gasteiger partial charge is 0.340 e. The molecule has 0 bridgehead atoms. The van der Waals surface area contributed by atoms with E-state index in [4.69, 9.17) is 16.7 Å². The molecule has 0 aliphatic carbocycles. The van der Waals surface area contributed by atoms with Gasteiger partial charge >= 0.3 is 5.82 Å². The number of nitrogens with one attached hydrogen (secondary N) is 1. The fourth-order valence-electron chi connectivity index (χ4n) is 3.88. The average Bonchev–Trinajstić information content (AvgIpc) is 3.29. The number of nitrogens with zero attached hydrogens (tertiary/aromatic N) is 4. The second-order valence-electron chi connectivity index (χ2n) is 8.35. The van der Waals surface area contributed by atoms with Crippen molar-refractivity contribution >= 4 is 23.2 Å². The van der Waals surface area contributed by atoms with Crippen LogP contribution in [0.15, 0.2) is 103 Å². The van der Waals surface area contributed by atoms with E-state index >= 15 is 0 Å². The number of carbonyl (C=O) groups excluding carboxylic acids is 1. The summed E-state index contributed by atoms with van der Waals surface area (Å²) in [5.41, 5.74) is 6.59. The molecule has 4 aromatic carbocycles. The van der Waals surface area contributed by atoms with Crippen molar-refractivity contribution in [2.24, 2.45) is 0 Å². The molecule has 0 aliphatic heterocycles. The maximum absolute atomic E-state index is 13.3. The van der Waals surface area contributed by atoms with Crippen molar-refractivity contribution in [1.82, 2.24) is 9.77 Å². The molecule has 0 radical (unpaired) electrons. The normalized spacial score (nSPS) is 10.8. The van der Waals surface area contributed by atoms with Gasteiger partial charge in [-0.05, 0) is 72.7 Å². The summed E-state index contributed by atoms with van der Waals surface area (Å²) in [6, 6.07) is 30.1. The topological polar surface area (TPSA) is 93.9 Å². The first kappa shape index (κ1) is 23.9. The molecule has 1 N–H and O–H groups in total. The Morgan fingerprint density at radius 1 is 0.892 bits per heavy atom. The van der Waals surface area contributed by atoms with Gasteiger partial charge in [-0.25, -0.2) is 0 Å². The SMILES string of the molecule is Cc1ccc(-[n+]2nc(-c3ccc(Cl)cc3)n(NC(=O)c3ccc([N+](=O)[O-])cc3)c2-c2ccccc2)cc1. The molecule has 5 rings (SSSR count). The summed E-state index contributed by atoms with van der Waals surface area (Å²) >= 11 is 6.13. The lowest BCUT2D eigenvalue weighted by Crippen LogP contribution is -2.37. The van der Waals surface area contributed by atoms with Gasteiger partial charge in [0.05, 0.1) is 10.5 Å². The molecular weight excluding hydrogens is 490 g/mol. The zero-order valence-electron chi connectivity index (χ0n) is 19.7. The Balaban J connectivity index is 1.70. The summed E-state index contributed by atoms with van der Waals surface area (Å²) in [6.07, 6.45) is 0. The highest BCUT2D eigenvalue weighted by molar-refractivity contribution is 6.30. The molecule has 9 heteroatoms. The van der Waals surface area contributed by atoms with Crippen LogP contribution in [0.5, 0.6) is 0 Å². The third-order valence-electron chi connectivity index (χ3n) is 5.79. The van der Waals surface area contributed by atoms with E-state index in [-0.39, 0.29) is 11.3 Å². The highest BCUT2D eigenvalue weighted by Gasteiger charge is 2.31. The molecule has 182 valence electrons. The van der Waals surface area contributed by atoms with Gasteiger partial charge in [0.15, 0.2) is 5.69 Å². The van der Waals surface area contributed by atoms with E-state index in [1.165, 1.54) is 24.3 Å². The molecular formula is C28H21ClN5O3+. The smallest absolute Gasteiger partial charge is 0.266 e. The molecule has 0 atom stereocenters. The van der Waals surface area contributed by atoms with Crippen molar-refractivity contribution in [3.8, 4) is 28.5 Å². The molecule has 0 spiro atoms. The number of non-ortho nitro benzene ring substituents is 1. The van der Waals surface area contributed by atoms with Gasteiger partial charge in [0.2, 0.25) is 0 Å². The van der Waals surface area contributed by atoms with Crippen LogP contribution >= 0.6 is 11.6 Å². The number of aromatic nitrogens is 3. The molecule has 5 aromatic rings. The highest BCUT2D eigenvalue weighted by Crippen LogP contribution is 2.25. The van der Waals surface area contributed by atoms with Crippen LogP contribution in [0.4, 0.5) is 5.69 Å². The molecule has 0 aliphatic rings. The summed E-state index contributed by atoms with van der Waals surface area (Å²) < 4.78 is 3.40. The number of hydrogen-bond donors (Lipinski definition) is 1. The first-order valence-electron chi connectivity index (χ1n) is 11.4. The lowest BCUT2D eigenvalue weighted by molar-refractivity contribution is -0.645. The Kier molecular flexibility index (Phi) is 6.49. The molecule has 8 nitrogen and oxygen atoms in total. The summed E-state index contributed by atoms with van der Waals surface area (Å²) in [5.74, 6) is 0.645. The third kappa shape index (κ3) is 4.96. The fourth-order valence-corrected chi connectivity index (χ4v) is 4.00. The predicted molar refractivity (Wildman–Crippen MR) is 141 cm³/mol. The fraction of sp³-hybridized carbons (Fsp3) is 0.0357. The van der Waals surface area contributed by atoms with Gasteiger partial charge in [-0.15, -0.1) is 0 Å². The van der Waals surface area contributed by atoms with Crippen LogP contribution < -0.4 is 10.1 Å². The molecule has 37 heavy (non-hydrogen) atoms. The van der Waals surface area contributed by atoms with E-state index in [0.29, 0.717) is 16.7 Å². The molecule has 1 heterocycles. The van der Waals surface area contributed by atoms with Crippen molar-refractivity contribution in [1.29, 1.82) is 0 Å². The second kappa shape index (κ2) is 10.0. The predicted octanol–water partition coefficient (Wildman–Crippen LogP) is 5.75. The van der Waals surface area contributed by atoms with E-state index < -0.39 is 10.8 Å². The Bertz CT molecular complexity index is 1580. The van der Waals surface area contributed by atoms with E-state index in [1.807, 2.05) is 73.7 Å². The van der Waals surface area contributed by atoms with Crippen LogP contribution in [0.3, 0.4) is 0 Å². The summed E-state index contributed by atoms with van der Waals surface area (Å²) in [7, 11) is 0. The minimum absolute atomic E-state index is 0.0942. The van der Waals surface area contributed by atoms with Crippen LogP contribution in [-0.2, 0) is 0 Å². The van der Waals surface area contributed by atoms with Crippen molar-refractivity contribution in [3.63, 3.8) is 0 Å². The maximum atomic E-state index is 13.3. The number of nitro benzene ring substituents is 1. The Hall–Kier alpha value is -4.82. The number of benzene rings is 4. The van der Waals surface area contributed by atoms with Crippen LogP contribution in [0.1, 0.15) is 15.9 Å². The van der Waals surface area contributed by atoms with Crippen molar-refractivity contribution in [2.45, 2.75) is 6.92 Å². The zero-order chi connectivity index (χ0) is 25.9. The lowest BCUT2D eigenvalue weighted by Gasteiger charge is -2.07. The van der Waals surface area contributed by atoms with Gasteiger partial charge in [-0.1, -0.05) is 56.9 Å². The van der Waals surface area contributed by atoms with E-state index in [9.17, 15) is 14.9 Å². The lowest BCUT2D eigenvalue weighted by atomic mass is 10.2. The molecule has 0 unspecified atom stereocenters. The van der Waals surface area contributed by atoms with E-state index in [0.717, 1.165) is 22.4 Å². The summed E-state index contributed by atoms with van der Waals surface area (Å²) in [4.78, 5) is 23.9. The summed E-state index contributed by atoms with van der Waals surface area (Å²) in [6.45, 7) is 2.01. The monoisotopic (exact) mass is 510 g/mol. The number of hydrogen-bond acceptors (Lipinski definition) is 4. The van der Waals surface area contributed by atoms with Crippen LogP contribution in [0, 0.1) is 17.0 Å². The first-order valence-corrected chi connectivity index (χ1v) is 11.8. The van der Waals surface area contributed by atoms with Gasteiger partial charge < -0.3 is 0 Å². The van der Waals surface area contributed by atoms with E-state index in [2.05, 4.69) is 5.43 Å². The maximum Gasteiger partial charge on any atom is 0.340 e. The number of carbonyl (C=O) groups is 1. The third-order valence-corrected chi connectivity index (χ3v) is 6.04. The number of aryl methyl sites for hydroxylation is 1. The van der Waals surface area contributed by atoms with Crippen molar-refractivity contribution < 1.29 is 14.4 Å². The second-order valence-corrected chi connectivity index (χ2v) is 8.78. The molecule has 1 amide bonds. The number of rotatable bonds is 6.